The highest BCUT2D eigenvalue weighted by atomic mass is 32.2. The molecule has 8 nitrogen and oxygen atoms in total. The van der Waals surface area contributed by atoms with E-state index in [9.17, 15) is 18.0 Å². The highest BCUT2D eigenvalue weighted by Gasteiger charge is 2.16. The number of nitrogens with one attached hydrogen (secondary N) is 1. The Morgan fingerprint density at radius 3 is 2.61 bits per heavy atom. The lowest BCUT2D eigenvalue weighted by atomic mass is 10.2. The molecule has 0 saturated heterocycles. The van der Waals surface area contributed by atoms with Crippen molar-refractivity contribution in [2.75, 3.05) is 19.0 Å². The number of ether oxygens (including phenoxy) is 2. The number of sulfonamides is 1. The monoisotopic (exact) mass is 344 g/mol. The third-order valence-corrected chi connectivity index (χ3v) is 3.99. The van der Waals surface area contributed by atoms with Crippen molar-refractivity contribution < 1.29 is 27.5 Å². The topological polar surface area (TPSA) is 112 Å². The van der Waals surface area contributed by atoms with Crippen molar-refractivity contribution in [3.05, 3.63) is 29.6 Å². The van der Waals surface area contributed by atoms with Crippen LogP contribution in [-0.4, -0.2) is 44.2 Å². The normalized spacial score (nSPS) is 11.0. The van der Waals surface area contributed by atoms with Crippen LogP contribution < -0.4 is 4.72 Å². The van der Waals surface area contributed by atoms with Gasteiger partial charge in [-0.3, -0.25) is 14.6 Å². The van der Waals surface area contributed by atoms with Crippen molar-refractivity contribution in [2.24, 2.45) is 0 Å². The molecule has 1 rings (SSSR count). The highest BCUT2D eigenvalue weighted by molar-refractivity contribution is 7.90. The molecule has 0 fully saturated rings. The summed E-state index contributed by atoms with van der Waals surface area (Å²) in [6.45, 7) is 3.91. The van der Waals surface area contributed by atoms with Crippen LogP contribution in [0.2, 0.25) is 0 Å². The number of nitrogens with zero attached hydrogens (tertiary/aromatic N) is 1. The van der Waals surface area contributed by atoms with Gasteiger partial charge in [0.05, 0.1) is 17.0 Å². The molecule has 0 aromatic carbocycles. The van der Waals surface area contributed by atoms with Gasteiger partial charge in [-0.2, -0.15) is 0 Å². The predicted octanol–water partition coefficient (Wildman–Crippen LogP) is 0.631. The maximum Gasteiger partial charge on any atom is 0.303 e. The number of pyridine rings is 1. The quantitative estimate of drug-likeness (QED) is 0.516. The largest absolute Gasteiger partial charge is 0.459 e. The Balaban J connectivity index is 2.55. The molecule has 0 saturated carbocycles. The first-order chi connectivity index (χ1) is 10.8. The molecule has 1 heterocycles. The fraction of sp³-hybridized carbons (Fsp3) is 0.500. The Hall–Kier alpha value is -2.00. The van der Waals surface area contributed by atoms with Gasteiger partial charge in [-0.1, -0.05) is 0 Å². The van der Waals surface area contributed by atoms with E-state index in [1.54, 1.807) is 0 Å². The summed E-state index contributed by atoms with van der Waals surface area (Å²) < 4.78 is 35.3. The second kappa shape index (κ2) is 9.21. The van der Waals surface area contributed by atoms with E-state index in [0.29, 0.717) is 25.3 Å². The molecule has 1 N–H and O–H groups in total. The summed E-state index contributed by atoms with van der Waals surface area (Å²) in [4.78, 5) is 26.5. The summed E-state index contributed by atoms with van der Waals surface area (Å²) in [6.07, 6.45) is 1.53. The molecule has 0 aliphatic carbocycles. The maximum absolute atomic E-state index is 11.9. The van der Waals surface area contributed by atoms with Crippen LogP contribution in [0, 0.1) is 0 Å². The summed E-state index contributed by atoms with van der Waals surface area (Å²) in [7, 11) is -3.72. The molecule has 9 heteroatoms. The van der Waals surface area contributed by atoms with Crippen molar-refractivity contribution in [1.29, 1.82) is 0 Å². The van der Waals surface area contributed by atoms with E-state index in [1.807, 2.05) is 11.6 Å². The van der Waals surface area contributed by atoms with Gasteiger partial charge in [-0.15, -0.1) is 0 Å². The lowest BCUT2D eigenvalue weighted by Crippen LogP contribution is -2.33. The molecular formula is C14H20N2O6S. The second-order valence-corrected chi connectivity index (χ2v) is 6.46. The number of esters is 1. The number of rotatable bonds is 9. The smallest absolute Gasteiger partial charge is 0.303 e. The minimum absolute atomic E-state index is 0.00698. The average Bonchev–Trinajstić information content (AvgIpc) is 2.49. The molecule has 1 aromatic heterocycles. The van der Waals surface area contributed by atoms with Crippen LogP contribution in [0.4, 0.5) is 0 Å². The number of aromatic nitrogens is 1. The second-order valence-electron chi connectivity index (χ2n) is 4.62. The zero-order valence-corrected chi connectivity index (χ0v) is 13.9. The van der Waals surface area contributed by atoms with E-state index >= 15 is 0 Å². The molecule has 128 valence electrons. The lowest BCUT2D eigenvalue weighted by Gasteiger charge is -2.07. The first-order valence-corrected chi connectivity index (χ1v) is 8.70. The molecule has 23 heavy (non-hydrogen) atoms. The maximum atomic E-state index is 11.9. The first-order valence-electron chi connectivity index (χ1n) is 7.05. The van der Waals surface area contributed by atoms with Gasteiger partial charge in [0.15, 0.2) is 0 Å². The van der Waals surface area contributed by atoms with Crippen LogP contribution in [-0.2, 0) is 30.9 Å². The standard InChI is InChI=1S/C14H20N2O6S/c1-3-21-7-4-8-23(19,20)16-14(18)12-5-6-13(15-9-12)10-22-11(2)17/h5-6,9H,3-4,7-8,10H2,1-2H3,(H,16,18). The van der Waals surface area contributed by atoms with Crippen LogP contribution >= 0.6 is 0 Å². The van der Waals surface area contributed by atoms with Crippen molar-refractivity contribution in [3.8, 4) is 0 Å². The van der Waals surface area contributed by atoms with Crippen molar-refractivity contribution in [2.45, 2.75) is 26.9 Å². The lowest BCUT2D eigenvalue weighted by molar-refractivity contribution is -0.142. The summed E-state index contributed by atoms with van der Waals surface area (Å²) in [5.41, 5.74) is 0.557. The molecular weight excluding hydrogens is 324 g/mol. The Morgan fingerprint density at radius 1 is 1.30 bits per heavy atom. The number of hydrogen-bond acceptors (Lipinski definition) is 7. The zero-order chi connectivity index (χ0) is 17.3. The summed E-state index contributed by atoms with van der Waals surface area (Å²) in [6, 6.07) is 2.90. The van der Waals surface area contributed by atoms with E-state index in [2.05, 4.69) is 4.98 Å². The minimum Gasteiger partial charge on any atom is -0.459 e. The first kappa shape index (κ1) is 19.0. The van der Waals surface area contributed by atoms with Crippen LogP contribution in [0.1, 0.15) is 36.3 Å². The Morgan fingerprint density at radius 2 is 2.04 bits per heavy atom. The van der Waals surface area contributed by atoms with Crippen LogP contribution in [0.5, 0.6) is 0 Å². The van der Waals surface area contributed by atoms with Gasteiger partial charge in [0.1, 0.15) is 6.61 Å². The van der Waals surface area contributed by atoms with E-state index in [1.165, 1.54) is 25.3 Å². The summed E-state index contributed by atoms with van der Waals surface area (Å²) in [5.74, 6) is -1.39. The molecule has 0 atom stereocenters. The summed E-state index contributed by atoms with van der Waals surface area (Å²) in [5, 5.41) is 0. The number of carbonyl (C=O) groups excluding carboxylic acids is 2. The van der Waals surface area contributed by atoms with Crippen molar-refractivity contribution in [3.63, 3.8) is 0 Å². The number of hydrogen-bond donors (Lipinski definition) is 1. The SMILES string of the molecule is CCOCCCS(=O)(=O)NC(=O)c1ccc(COC(C)=O)nc1. The van der Waals surface area contributed by atoms with Crippen LogP contribution in [0.3, 0.4) is 0 Å². The predicted molar refractivity (Wildman–Crippen MR) is 82.1 cm³/mol. The Labute approximate surface area is 135 Å². The van der Waals surface area contributed by atoms with Crippen LogP contribution in [0.15, 0.2) is 18.3 Å². The van der Waals surface area contributed by atoms with Gasteiger partial charge in [-0.25, -0.2) is 13.1 Å². The van der Waals surface area contributed by atoms with E-state index in [-0.39, 0.29) is 17.9 Å². The van der Waals surface area contributed by atoms with E-state index in [4.69, 9.17) is 9.47 Å². The molecule has 0 bridgehead atoms. The molecule has 1 aromatic rings. The summed E-state index contributed by atoms with van der Waals surface area (Å²) >= 11 is 0. The van der Waals surface area contributed by atoms with Gasteiger partial charge >= 0.3 is 5.97 Å². The molecule has 0 aliphatic heterocycles. The number of amides is 1. The fourth-order valence-electron chi connectivity index (χ4n) is 1.57. The fourth-order valence-corrected chi connectivity index (χ4v) is 2.57. The average molecular weight is 344 g/mol. The van der Waals surface area contributed by atoms with E-state index in [0.717, 1.165) is 0 Å². The zero-order valence-electron chi connectivity index (χ0n) is 13.1. The van der Waals surface area contributed by atoms with Gasteiger partial charge in [0.25, 0.3) is 5.91 Å². The Bertz CT molecular complexity index is 627. The van der Waals surface area contributed by atoms with E-state index < -0.39 is 21.9 Å². The highest BCUT2D eigenvalue weighted by Crippen LogP contribution is 2.03. The molecule has 0 unspecified atom stereocenters. The molecule has 0 aliphatic rings. The molecule has 0 radical (unpaired) electrons. The molecule has 1 amide bonds. The van der Waals surface area contributed by atoms with Crippen molar-refractivity contribution >= 4 is 21.9 Å². The Kier molecular flexibility index (Phi) is 7.63. The number of carbonyl (C=O) groups is 2. The third kappa shape index (κ3) is 7.71. The third-order valence-electron chi connectivity index (χ3n) is 2.66. The molecule has 0 spiro atoms. The van der Waals surface area contributed by atoms with Gasteiger partial charge < -0.3 is 9.47 Å². The van der Waals surface area contributed by atoms with Crippen LogP contribution in [0.25, 0.3) is 0 Å². The van der Waals surface area contributed by atoms with Gasteiger partial charge in [0.2, 0.25) is 10.0 Å². The van der Waals surface area contributed by atoms with Gasteiger partial charge in [0, 0.05) is 26.3 Å². The minimum atomic E-state index is -3.72. The van der Waals surface area contributed by atoms with Gasteiger partial charge in [-0.05, 0) is 25.5 Å². The van der Waals surface area contributed by atoms with Crippen molar-refractivity contribution in [1.82, 2.24) is 9.71 Å².